The summed E-state index contributed by atoms with van der Waals surface area (Å²) in [6.45, 7) is 45.3. The zero-order chi connectivity index (χ0) is 97.0. The Morgan fingerprint density at radius 1 is 0.364 bits per heavy atom. The van der Waals surface area contributed by atoms with Crippen LogP contribution in [0, 0.1) is 5.92 Å². The van der Waals surface area contributed by atoms with Crippen molar-refractivity contribution in [1.29, 1.82) is 0 Å². The molecule has 12 aliphatic heterocycles. The SMILES string of the molecule is C=C1NC(=O)NC=C1C1O[C@H](CCP(=C)(C)C)[C@@H](O)[C@@]1(C)O.C=C1NC(=O)NC=C1C1O[C@H](CCP(=C)(C)C)[C@@H](O)[C@H]1C.C=C1NC(=O)NC=C1C1O[C@H](CCP(=C)(C)C)[C@@H](O)[C@H]1Cl.C=C1NC(=O)NC=C1C1O[C@H](CCP(=C)(C)C)[C@@H](O)[C@H]1I.C=C1NC(=O)NC=C1C1O[C@H](CCP(=C)(C)C)[C@@H](O)[C@H]1OC.C=C1NC(=O)NC=C1C1O[C@H](CCP(=C)(C)C)[C@@H](O)[C@H]1OC. The van der Waals surface area contributed by atoms with Gasteiger partial charge in [0.1, 0.15) is 66.6 Å². The highest BCUT2D eigenvalue weighted by Gasteiger charge is 2.55. The van der Waals surface area contributed by atoms with E-state index < -0.39 is 132 Å². The summed E-state index contributed by atoms with van der Waals surface area (Å²) < 4.78 is 46.7. The number of hydrogen-bond acceptors (Lipinski definition) is 21. The third-order valence-electron chi connectivity index (χ3n) is 23.1. The van der Waals surface area contributed by atoms with Gasteiger partial charge in [-0.1, -0.05) is 69.0 Å². The Bertz CT molecular complexity index is 4390. The normalized spacial score (nSPS) is 33.5. The van der Waals surface area contributed by atoms with Crippen LogP contribution in [0.3, 0.4) is 0 Å². The molecule has 12 aliphatic rings. The molecule has 0 aliphatic carbocycles. The number of ether oxygens (including phenoxy) is 8. The first kappa shape index (κ1) is 111. The van der Waals surface area contributed by atoms with Crippen LogP contribution >= 0.6 is 75.5 Å². The molecule has 19 N–H and O–H groups in total. The lowest BCUT2D eigenvalue weighted by atomic mass is 9.87. The number of carbonyl (C=O) groups is 6. The van der Waals surface area contributed by atoms with E-state index >= 15 is 0 Å². The lowest BCUT2D eigenvalue weighted by Crippen LogP contribution is -2.49. The van der Waals surface area contributed by atoms with Gasteiger partial charge in [0.2, 0.25) is 0 Å². The van der Waals surface area contributed by atoms with Crippen LogP contribution < -0.4 is 63.8 Å². The summed E-state index contributed by atoms with van der Waals surface area (Å²) in [5, 5.41) is 103. The molecule has 726 valence electrons. The van der Waals surface area contributed by atoms with Gasteiger partial charge >= 0.3 is 36.2 Å². The zero-order valence-electron chi connectivity index (χ0n) is 77.5. The summed E-state index contributed by atoms with van der Waals surface area (Å²) in [6, 6.07) is -1.98. The number of aliphatic hydroxyl groups is 7. The molecule has 0 aromatic carbocycles. The molecule has 24 atom stereocenters. The highest BCUT2D eigenvalue weighted by molar-refractivity contribution is 14.1. The molecular weight excluding hydrogens is 1910 g/mol. The number of carbonyl (C=O) groups excluding carboxylic acids is 6. The predicted molar refractivity (Wildman–Crippen MR) is 542 cm³/mol. The number of halogens is 2. The lowest BCUT2D eigenvalue weighted by molar-refractivity contribution is -0.0516. The number of urea groups is 6. The van der Waals surface area contributed by atoms with Crippen molar-refractivity contribution in [3.8, 4) is 0 Å². The van der Waals surface area contributed by atoms with Crippen molar-refractivity contribution in [3.63, 3.8) is 0 Å². The van der Waals surface area contributed by atoms with Crippen LogP contribution in [0.1, 0.15) is 52.4 Å². The average molecular weight is 2050 g/mol. The molecule has 12 amide bonds. The minimum Gasteiger partial charge on any atom is -0.390 e. The maximum absolute atomic E-state index is 11.3. The van der Waals surface area contributed by atoms with Crippen LogP contribution in [0.15, 0.2) is 144 Å². The first-order chi connectivity index (χ1) is 59.5. The van der Waals surface area contributed by atoms with E-state index in [1.165, 1.54) is 19.3 Å². The topological polar surface area (TPSA) is 462 Å². The number of methoxy groups -OCH3 is 2. The van der Waals surface area contributed by atoms with Crippen LogP contribution in [0.5, 0.6) is 0 Å². The van der Waals surface area contributed by atoms with Crippen molar-refractivity contribution in [2.45, 2.75) is 189 Å². The summed E-state index contributed by atoms with van der Waals surface area (Å²) >= 11 is 8.51. The van der Waals surface area contributed by atoms with E-state index in [1.807, 2.05) is 6.92 Å². The Morgan fingerprint density at radius 2 is 0.597 bits per heavy atom. The molecule has 0 aromatic heterocycles. The van der Waals surface area contributed by atoms with Crippen LogP contribution in [0.4, 0.5) is 28.8 Å². The van der Waals surface area contributed by atoms with Crippen molar-refractivity contribution < 1.29 is 102 Å². The molecule has 12 rings (SSSR count). The van der Waals surface area contributed by atoms with Crippen LogP contribution in [-0.2, 0) is 37.9 Å². The van der Waals surface area contributed by atoms with E-state index in [9.17, 15) is 64.5 Å². The Labute approximate surface area is 781 Å². The van der Waals surface area contributed by atoms with Crippen LogP contribution in [0.2, 0.25) is 0 Å². The molecule has 0 saturated carbocycles. The summed E-state index contributed by atoms with van der Waals surface area (Å²) in [5.41, 5.74) is 5.54. The van der Waals surface area contributed by atoms with E-state index in [2.05, 4.69) is 244 Å². The van der Waals surface area contributed by atoms with Crippen molar-refractivity contribution in [1.82, 2.24) is 63.8 Å². The third kappa shape index (κ3) is 31.9. The Kier molecular flexibility index (Phi) is 39.9. The smallest absolute Gasteiger partial charge is 0.323 e. The average Bonchev–Trinajstić information content (AvgIpc) is 1.65. The fourth-order valence-corrected chi connectivity index (χ4v) is 22.8. The van der Waals surface area contributed by atoms with Gasteiger partial charge in [-0.3, -0.25) is 0 Å². The maximum atomic E-state index is 11.3. The first-order valence-electron chi connectivity index (χ1n) is 42.5. The molecule has 0 radical (unpaired) electrons. The van der Waals surface area contributed by atoms with Gasteiger partial charge in [0.15, 0.2) is 0 Å². The number of nitrogens with one attached hydrogen (secondary N) is 12. The highest BCUT2D eigenvalue weighted by atomic mass is 127. The van der Waals surface area contributed by atoms with Crippen molar-refractivity contribution in [3.05, 3.63) is 144 Å². The predicted octanol–water partition coefficient (Wildman–Crippen LogP) is 7.37. The molecule has 6 fully saturated rings. The van der Waals surface area contributed by atoms with Crippen LogP contribution in [-0.4, -0.2) is 378 Å². The maximum Gasteiger partial charge on any atom is 0.323 e. The molecule has 12 heterocycles. The number of alkyl halides is 2. The van der Waals surface area contributed by atoms with Gasteiger partial charge in [0, 0.05) is 125 Å². The van der Waals surface area contributed by atoms with Crippen molar-refractivity contribution in [2.75, 3.05) is 131 Å². The second-order valence-electron chi connectivity index (χ2n) is 38.6. The molecule has 0 bridgehead atoms. The minimum absolute atomic E-state index is 0.0407. The van der Waals surface area contributed by atoms with E-state index in [0.29, 0.717) is 62.9 Å². The van der Waals surface area contributed by atoms with E-state index in [0.717, 1.165) is 80.2 Å². The lowest BCUT2D eigenvalue weighted by Gasteiger charge is -2.30. The van der Waals surface area contributed by atoms with Gasteiger partial charge in [0.05, 0.1) is 70.3 Å². The van der Waals surface area contributed by atoms with Crippen molar-refractivity contribution >= 4 is 149 Å². The number of rotatable bonds is 26. The minimum atomic E-state index is -1.45. The van der Waals surface area contributed by atoms with Gasteiger partial charge in [-0.25, -0.2) is 28.8 Å². The quantitative estimate of drug-likeness (QED) is 0.0228. The van der Waals surface area contributed by atoms with Crippen LogP contribution in [0.25, 0.3) is 0 Å². The molecular formula is C88H144ClIN12O21P6. The Balaban J connectivity index is 0.000000212. The molecule has 129 heavy (non-hydrogen) atoms. The summed E-state index contributed by atoms with van der Waals surface area (Å²) in [6.07, 6.45) is 34.9. The molecule has 6 saturated heterocycles. The number of aliphatic hydroxyl groups excluding tert-OH is 6. The summed E-state index contributed by atoms with van der Waals surface area (Å²) in [5.74, 6) is -0.0407. The Morgan fingerprint density at radius 3 is 0.891 bits per heavy atom. The molecule has 0 spiro atoms. The Hall–Kier alpha value is -5.28. The molecule has 6 unspecified atom stereocenters. The number of amides is 12. The third-order valence-corrected chi connectivity index (χ3v) is 33.8. The highest BCUT2D eigenvalue weighted by Crippen LogP contribution is 2.48. The fraction of sp³-hybridized carbons (Fsp3) is 0.591. The molecule has 33 nitrogen and oxygen atoms in total. The molecule has 41 heteroatoms. The van der Waals surface area contributed by atoms with E-state index in [1.54, 1.807) is 39.0 Å². The van der Waals surface area contributed by atoms with Gasteiger partial charge in [-0.2, -0.15) is 0 Å². The fourth-order valence-electron chi connectivity index (χ4n) is 15.7. The van der Waals surface area contributed by atoms with Gasteiger partial charge < -0.3 is 137 Å². The second kappa shape index (κ2) is 46.5. The van der Waals surface area contributed by atoms with Crippen molar-refractivity contribution in [2.24, 2.45) is 5.92 Å². The second-order valence-corrected chi connectivity index (χ2v) is 66.4. The largest absolute Gasteiger partial charge is 0.390 e. The summed E-state index contributed by atoms with van der Waals surface area (Å²) in [4.78, 5) is 67.5. The first-order valence-corrected chi connectivity index (χ1v) is 62.5. The zero-order valence-corrected chi connectivity index (χ0v) is 85.8. The van der Waals surface area contributed by atoms with Gasteiger partial charge in [0.25, 0.3) is 0 Å². The number of hydrogen-bond donors (Lipinski definition) is 19. The van der Waals surface area contributed by atoms with Gasteiger partial charge in [-0.05, 0) is 162 Å². The monoisotopic (exact) mass is 2050 g/mol. The van der Waals surface area contributed by atoms with E-state index in [-0.39, 0.29) is 88.8 Å². The van der Waals surface area contributed by atoms with Gasteiger partial charge in [-0.15, -0.1) is 90.7 Å². The summed E-state index contributed by atoms with van der Waals surface area (Å²) in [7, 11) is 3.09. The molecule has 0 aromatic rings. The van der Waals surface area contributed by atoms with E-state index in [4.69, 9.17) is 49.5 Å². The standard InChI is InChI=1S/3C15H25N2O4P.C15H25N2O3P.C14H22ClN2O3P.C14H22IN2O3P/c1-9-10(8-16-14(19)17-9)13-15(2,20)12(18)11(21-13)6-7-22(3,4)5;2*1-9-10(8-16-15(19)17-9)13-14(20-2)12(18)11(21-13)6-7-22(3,4)5;1-9-13(18)12(6-7-21(3,4)5)20-14(9)11-8-16-15(19)17-10(11)2;2*1-8-9(7-16-14(19)17-8)13-11(15)12(18)10(20-13)5-6-21(2,3)4/h8,11-13,18,20H,1,3,6-7H2,2,4-5H3,(H2,16,17,19);2*8,11-14,18H,1,3,6-7H2,2,4-5H3,(H2,16,17,19);8-9,12-14,18H,2-3,6-7H2,1,4-5H3,(H2,16,17,19);2*7,10-13,18H,1-2,5-6H2,3-4H3,(H2,16,17,19)/t11-,12-,13?,15-;2*11-,12-,13?,14-;9-,12-,13+,14?;2*10-,11-,12-,13?/m111111/s1.